The van der Waals surface area contributed by atoms with Crippen molar-refractivity contribution in [3.63, 3.8) is 0 Å². The first kappa shape index (κ1) is 13.2. The maximum absolute atomic E-state index is 13.2. The van der Waals surface area contributed by atoms with E-state index in [1.807, 2.05) is 0 Å². The molecule has 96 valence electrons. The van der Waals surface area contributed by atoms with Gasteiger partial charge in [-0.3, -0.25) is 10.1 Å². The first-order valence-electron chi connectivity index (χ1n) is 5.40. The number of halogens is 1. The number of carbonyl (C=O) groups is 1. The Kier molecular flexibility index (Phi) is 4.23. The third-order valence-electron chi connectivity index (χ3n) is 2.20. The van der Waals surface area contributed by atoms with Crippen molar-refractivity contribution in [3.05, 3.63) is 46.7 Å². The van der Waals surface area contributed by atoms with Gasteiger partial charge in [-0.2, -0.15) is 0 Å². The molecule has 0 unspecified atom stereocenters. The van der Waals surface area contributed by atoms with E-state index in [1.165, 1.54) is 29.5 Å². The van der Waals surface area contributed by atoms with Crippen molar-refractivity contribution in [2.75, 3.05) is 11.9 Å². The number of hydrogen-bond donors (Lipinski definition) is 2. The first-order valence-corrected chi connectivity index (χ1v) is 6.28. The number of nitrogens with zero attached hydrogens (tertiary/aromatic N) is 1. The molecule has 6 heteroatoms. The number of thiazole rings is 1. The van der Waals surface area contributed by atoms with Crippen LogP contribution in [0.5, 0.6) is 0 Å². The zero-order valence-corrected chi connectivity index (χ0v) is 10.6. The SMILES string of the molecule is NCC#Cc1cc(F)ccc1C(=O)Nc1nccs1. The monoisotopic (exact) mass is 275 g/mol. The van der Waals surface area contributed by atoms with Crippen LogP contribution in [0.4, 0.5) is 9.52 Å². The van der Waals surface area contributed by atoms with E-state index in [0.717, 1.165) is 0 Å². The Bertz CT molecular complexity index is 644. The summed E-state index contributed by atoms with van der Waals surface area (Å²) in [7, 11) is 0. The summed E-state index contributed by atoms with van der Waals surface area (Å²) < 4.78 is 13.2. The van der Waals surface area contributed by atoms with Crippen LogP contribution in [0.2, 0.25) is 0 Å². The molecule has 19 heavy (non-hydrogen) atoms. The maximum Gasteiger partial charge on any atom is 0.258 e. The number of anilines is 1. The highest BCUT2D eigenvalue weighted by molar-refractivity contribution is 7.13. The van der Waals surface area contributed by atoms with E-state index in [4.69, 9.17) is 5.73 Å². The lowest BCUT2D eigenvalue weighted by Gasteiger charge is -2.04. The van der Waals surface area contributed by atoms with Crippen LogP contribution >= 0.6 is 11.3 Å². The van der Waals surface area contributed by atoms with E-state index in [-0.39, 0.29) is 18.0 Å². The molecule has 0 radical (unpaired) electrons. The molecule has 0 atom stereocenters. The molecule has 1 amide bonds. The van der Waals surface area contributed by atoms with E-state index in [0.29, 0.717) is 10.7 Å². The van der Waals surface area contributed by atoms with Crippen molar-refractivity contribution >= 4 is 22.4 Å². The largest absolute Gasteiger partial charge is 0.320 e. The zero-order valence-electron chi connectivity index (χ0n) is 9.81. The molecule has 4 nitrogen and oxygen atoms in total. The first-order chi connectivity index (χ1) is 9.20. The summed E-state index contributed by atoms with van der Waals surface area (Å²) in [6.07, 6.45) is 1.58. The van der Waals surface area contributed by atoms with Crippen molar-refractivity contribution < 1.29 is 9.18 Å². The number of hydrogen-bond acceptors (Lipinski definition) is 4. The molecule has 0 fully saturated rings. The molecule has 0 aliphatic carbocycles. The topological polar surface area (TPSA) is 68.0 Å². The average molecular weight is 275 g/mol. The Hall–Kier alpha value is -2.23. The molecule has 0 aliphatic rings. The minimum Gasteiger partial charge on any atom is -0.320 e. The minimum atomic E-state index is -0.452. The summed E-state index contributed by atoms with van der Waals surface area (Å²) in [5.74, 6) is 4.46. The number of nitrogens with one attached hydrogen (secondary N) is 1. The molecule has 0 aliphatic heterocycles. The second-order valence-electron chi connectivity index (χ2n) is 3.49. The second-order valence-corrected chi connectivity index (χ2v) is 4.38. The molecule has 0 bridgehead atoms. The predicted molar refractivity (Wildman–Crippen MR) is 72.4 cm³/mol. The van der Waals surface area contributed by atoms with E-state index in [2.05, 4.69) is 22.1 Å². The number of amides is 1. The highest BCUT2D eigenvalue weighted by Gasteiger charge is 2.12. The van der Waals surface area contributed by atoms with Gasteiger partial charge in [0, 0.05) is 17.1 Å². The molecular formula is C13H10FN3OS. The van der Waals surface area contributed by atoms with Gasteiger partial charge in [-0.15, -0.1) is 11.3 Å². The van der Waals surface area contributed by atoms with E-state index < -0.39 is 5.82 Å². The molecule has 2 aromatic rings. The average Bonchev–Trinajstić information content (AvgIpc) is 2.89. The van der Waals surface area contributed by atoms with Gasteiger partial charge in [-0.05, 0) is 18.2 Å². The third kappa shape index (κ3) is 3.37. The fourth-order valence-electron chi connectivity index (χ4n) is 1.41. The van der Waals surface area contributed by atoms with Crippen LogP contribution in [0.25, 0.3) is 0 Å². The lowest BCUT2D eigenvalue weighted by Crippen LogP contribution is -2.13. The summed E-state index contributed by atoms with van der Waals surface area (Å²) in [6, 6.07) is 3.81. The maximum atomic E-state index is 13.2. The van der Waals surface area contributed by atoms with E-state index >= 15 is 0 Å². The predicted octanol–water partition coefficient (Wildman–Crippen LogP) is 1.84. The summed E-state index contributed by atoms with van der Waals surface area (Å²) in [5, 5.41) is 4.85. The summed E-state index contributed by atoms with van der Waals surface area (Å²) in [6.45, 7) is 0.143. The Balaban J connectivity index is 2.30. The Labute approximate surface area is 113 Å². The van der Waals surface area contributed by atoms with Crippen LogP contribution in [-0.2, 0) is 0 Å². The zero-order chi connectivity index (χ0) is 13.7. The van der Waals surface area contributed by atoms with Gasteiger partial charge in [0.25, 0.3) is 5.91 Å². The molecule has 1 aromatic heterocycles. The van der Waals surface area contributed by atoms with Crippen LogP contribution in [0, 0.1) is 17.7 Å². The number of carbonyl (C=O) groups excluding carboxylic acids is 1. The number of nitrogens with two attached hydrogens (primary N) is 1. The van der Waals surface area contributed by atoms with Crippen LogP contribution in [0.1, 0.15) is 15.9 Å². The number of aromatic nitrogens is 1. The molecular weight excluding hydrogens is 265 g/mol. The Morgan fingerprint density at radius 2 is 2.37 bits per heavy atom. The van der Waals surface area contributed by atoms with Crippen LogP contribution in [0.15, 0.2) is 29.8 Å². The summed E-state index contributed by atoms with van der Waals surface area (Å²) in [4.78, 5) is 16.0. The van der Waals surface area contributed by atoms with Crippen LogP contribution in [0.3, 0.4) is 0 Å². The highest BCUT2D eigenvalue weighted by atomic mass is 32.1. The highest BCUT2D eigenvalue weighted by Crippen LogP contribution is 2.15. The fourth-order valence-corrected chi connectivity index (χ4v) is 1.94. The Morgan fingerprint density at radius 1 is 1.53 bits per heavy atom. The standard InChI is InChI=1S/C13H10FN3OS/c14-10-3-4-11(9(8-10)2-1-5-15)12(18)17-13-16-6-7-19-13/h3-4,6-8H,5,15H2,(H,16,17,18). The Morgan fingerprint density at radius 3 is 3.05 bits per heavy atom. The van der Waals surface area contributed by atoms with Crippen molar-refractivity contribution in [2.45, 2.75) is 0 Å². The smallest absolute Gasteiger partial charge is 0.258 e. The van der Waals surface area contributed by atoms with Crippen molar-refractivity contribution in [1.29, 1.82) is 0 Å². The number of rotatable bonds is 2. The third-order valence-corrected chi connectivity index (χ3v) is 2.89. The van der Waals surface area contributed by atoms with Gasteiger partial charge in [-0.1, -0.05) is 11.8 Å². The molecule has 3 N–H and O–H groups in total. The van der Waals surface area contributed by atoms with Gasteiger partial charge in [0.05, 0.1) is 12.1 Å². The van der Waals surface area contributed by atoms with Crippen molar-refractivity contribution in [2.24, 2.45) is 5.73 Å². The van der Waals surface area contributed by atoms with Gasteiger partial charge in [0.15, 0.2) is 5.13 Å². The van der Waals surface area contributed by atoms with Gasteiger partial charge < -0.3 is 5.73 Å². The van der Waals surface area contributed by atoms with Gasteiger partial charge in [0.2, 0.25) is 0 Å². The minimum absolute atomic E-state index is 0.143. The molecule has 2 rings (SSSR count). The summed E-state index contributed by atoms with van der Waals surface area (Å²) >= 11 is 1.30. The van der Waals surface area contributed by atoms with E-state index in [9.17, 15) is 9.18 Å². The fraction of sp³-hybridized carbons (Fsp3) is 0.0769. The summed E-state index contributed by atoms with van der Waals surface area (Å²) in [5.41, 5.74) is 5.87. The molecule has 0 spiro atoms. The molecule has 0 saturated heterocycles. The van der Waals surface area contributed by atoms with Gasteiger partial charge in [0.1, 0.15) is 5.82 Å². The van der Waals surface area contributed by atoms with Crippen LogP contribution in [-0.4, -0.2) is 17.4 Å². The quantitative estimate of drug-likeness (QED) is 0.822. The lowest BCUT2D eigenvalue weighted by molar-refractivity contribution is 0.102. The molecule has 1 aromatic carbocycles. The van der Waals surface area contributed by atoms with Crippen molar-refractivity contribution in [1.82, 2.24) is 4.98 Å². The second kappa shape index (κ2) is 6.09. The van der Waals surface area contributed by atoms with Crippen LogP contribution < -0.4 is 11.1 Å². The lowest BCUT2D eigenvalue weighted by atomic mass is 10.1. The molecule has 0 saturated carbocycles. The van der Waals surface area contributed by atoms with Gasteiger partial charge in [-0.25, -0.2) is 9.37 Å². The normalized spacial score (nSPS) is 9.58. The van der Waals surface area contributed by atoms with Gasteiger partial charge >= 0.3 is 0 Å². The number of benzene rings is 1. The van der Waals surface area contributed by atoms with E-state index in [1.54, 1.807) is 11.6 Å². The molecule has 1 heterocycles. The van der Waals surface area contributed by atoms with Crippen molar-refractivity contribution in [3.8, 4) is 11.8 Å².